The van der Waals surface area contributed by atoms with E-state index < -0.39 is 29.9 Å². The molecule has 2 heterocycles. The number of aromatic nitrogens is 2. The van der Waals surface area contributed by atoms with Crippen LogP contribution in [0.3, 0.4) is 0 Å². The molecule has 262 valence electrons. The van der Waals surface area contributed by atoms with E-state index >= 15 is 0 Å². The standard InChI is InChI=1S/C40H41N5O5S/c1-23-9-7-12-31(24(23)2)44-36(46)29-11-8-10-28(20-29)30-21-41-35(42-22-30)27-15-13-26(14-16-27)19-32(37(47)43-25(3)39(49)50)45-38(48)33-17-18-34(51-33)40(4,5)6/h7-18,20-22,25,32H,19H2,1-6H3,(H,43,47)(H,44,46)(H,45,48)(H,49,50)/t25-,32+/m1/s1. The van der Waals surface area contributed by atoms with E-state index in [-0.39, 0.29) is 17.7 Å². The van der Waals surface area contributed by atoms with Crippen molar-refractivity contribution in [3.8, 4) is 22.5 Å². The van der Waals surface area contributed by atoms with Crippen LogP contribution in [0, 0.1) is 13.8 Å². The van der Waals surface area contributed by atoms with E-state index in [0.717, 1.165) is 43.9 Å². The number of carboxylic acids is 1. The average Bonchev–Trinajstić information content (AvgIpc) is 3.62. The Kier molecular flexibility index (Phi) is 11.1. The van der Waals surface area contributed by atoms with Crippen LogP contribution in [0.15, 0.2) is 91.3 Å². The lowest BCUT2D eigenvalue weighted by atomic mass is 9.95. The summed E-state index contributed by atoms with van der Waals surface area (Å²) in [6.45, 7) is 11.5. The van der Waals surface area contributed by atoms with Gasteiger partial charge in [0.1, 0.15) is 12.1 Å². The highest BCUT2D eigenvalue weighted by Gasteiger charge is 2.26. The highest BCUT2D eigenvalue weighted by molar-refractivity contribution is 7.14. The summed E-state index contributed by atoms with van der Waals surface area (Å²) in [7, 11) is 0. The summed E-state index contributed by atoms with van der Waals surface area (Å²) in [4.78, 5) is 61.5. The van der Waals surface area contributed by atoms with Crippen molar-refractivity contribution >= 4 is 40.7 Å². The molecule has 3 amide bonds. The maximum Gasteiger partial charge on any atom is 0.325 e. The SMILES string of the molecule is Cc1cccc(NC(=O)c2cccc(-c3cnc(-c4ccc(C[C@H](NC(=O)c5ccc(C(C)(C)C)s5)C(=O)N[C@H](C)C(=O)O)cc4)nc3)c2)c1C. The van der Waals surface area contributed by atoms with E-state index in [1.54, 1.807) is 30.6 Å². The second-order valence-electron chi connectivity index (χ2n) is 13.5. The van der Waals surface area contributed by atoms with Crippen molar-refractivity contribution in [2.45, 2.75) is 65.5 Å². The first-order chi connectivity index (χ1) is 24.2. The molecular formula is C40H41N5O5S. The van der Waals surface area contributed by atoms with Gasteiger partial charge in [-0.05, 0) is 78.8 Å². The number of thiophene rings is 1. The zero-order valence-electron chi connectivity index (χ0n) is 29.4. The van der Waals surface area contributed by atoms with Gasteiger partial charge in [-0.2, -0.15) is 0 Å². The number of aryl methyl sites for hydroxylation is 1. The van der Waals surface area contributed by atoms with E-state index in [4.69, 9.17) is 0 Å². The van der Waals surface area contributed by atoms with Gasteiger partial charge in [0.2, 0.25) is 5.91 Å². The zero-order valence-corrected chi connectivity index (χ0v) is 30.2. The fourth-order valence-corrected chi connectivity index (χ4v) is 6.22. The number of anilines is 1. The van der Waals surface area contributed by atoms with Crippen LogP contribution in [-0.2, 0) is 21.4 Å². The predicted octanol–water partition coefficient (Wildman–Crippen LogP) is 6.97. The molecule has 0 aliphatic carbocycles. The molecule has 0 radical (unpaired) electrons. The van der Waals surface area contributed by atoms with Crippen LogP contribution in [0.2, 0.25) is 0 Å². The van der Waals surface area contributed by atoms with Gasteiger partial charge in [0, 0.05) is 46.1 Å². The van der Waals surface area contributed by atoms with Gasteiger partial charge < -0.3 is 21.1 Å². The third kappa shape index (κ3) is 9.11. The van der Waals surface area contributed by atoms with Crippen molar-refractivity contribution in [3.63, 3.8) is 0 Å². The number of hydrogen-bond acceptors (Lipinski definition) is 7. The molecule has 51 heavy (non-hydrogen) atoms. The number of aliphatic carboxylic acids is 1. The Morgan fingerprint density at radius 1 is 0.804 bits per heavy atom. The first-order valence-corrected chi connectivity index (χ1v) is 17.3. The molecule has 2 aromatic heterocycles. The molecule has 2 atom stereocenters. The van der Waals surface area contributed by atoms with Gasteiger partial charge in [-0.25, -0.2) is 9.97 Å². The molecule has 0 bridgehead atoms. The highest BCUT2D eigenvalue weighted by atomic mass is 32.1. The van der Waals surface area contributed by atoms with Crippen molar-refractivity contribution in [1.29, 1.82) is 0 Å². The van der Waals surface area contributed by atoms with Crippen molar-refractivity contribution in [2.24, 2.45) is 0 Å². The number of carbonyl (C=O) groups is 4. The van der Waals surface area contributed by atoms with Crippen molar-refractivity contribution in [1.82, 2.24) is 20.6 Å². The Morgan fingerprint density at radius 2 is 1.49 bits per heavy atom. The van der Waals surface area contributed by atoms with Gasteiger partial charge in [-0.3, -0.25) is 19.2 Å². The Balaban J connectivity index is 1.28. The molecule has 4 N–H and O–H groups in total. The number of amides is 3. The van der Waals surface area contributed by atoms with Gasteiger partial charge in [0.15, 0.2) is 5.82 Å². The Hall–Kier alpha value is -5.68. The molecule has 10 nitrogen and oxygen atoms in total. The molecule has 0 aliphatic heterocycles. The molecule has 0 saturated heterocycles. The third-order valence-corrected chi connectivity index (χ3v) is 10.0. The average molecular weight is 704 g/mol. The van der Waals surface area contributed by atoms with Crippen LogP contribution in [-0.4, -0.2) is 50.8 Å². The van der Waals surface area contributed by atoms with Gasteiger partial charge >= 0.3 is 5.97 Å². The smallest absolute Gasteiger partial charge is 0.325 e. The molecule has 0 unspecified atom stereocenters. The van der Waals surface area contributed by atoms with E-state index in [9.17, 15) is 24.3 Å². The predicted molar refractivity (Wildman–Crippen MR) is 200 cm³/mol. The highest BCUT2D eigenvalue weighted by Crippen LogP contribution is 2.30. The minimum atomic E-state index is -1.18. The lowest BCUT2D eigenvalue weighted by molar-refractivity contribution is -0.141. The second-order valence-corrected chi connectivity index (χ2v) is 14.6. The second kappa shape index (κ2) is 15.5. The summed E-state index contributed by atoms with van der Waals surface area (Å²) < 4.78 is 0. The van der Waals surface area contributed by atoms with Crippen molar-refractivity contribution < 1.29 is 24.3 Å². The lowest BCUT2D eigenvalue weighted by Crippen LogP contribution is -2.51. The van der Waals surface area contributed by atoms with Crippen LogP contribution in [0.25, 0.3) is 22.5 Å². The Morgan fingerprint density at radius 3 is 2.14 bits per heavy atom. The number of carboxylic acid groups (broad SMARTS) is 1. The number of benzene rings is 3. The zero-order chi connectivity index (χ0) is 36.9. The first-order valence-electron chi connectivity index (χ1n) is 16.5. The minimum Gasteiger partial charge on any atom is -0.480 e. The van der Waals surface area contributed by atoms with E-state index in [0.29, 0.717) is 16.3 Å². The van der Waals surface area contributed by atoms with Crippen LogP contribution in [0.4, 0.5) is 5.69 Å². The van der Waals surface area contributed by atoms with Gasteiger partial charge in [0.25, 0.3) is 11.8 Å². The quantitative estimate of drug-likeness (QED) is 0.116. The molecule has 0 saturated carbocycles. The molecule has 11 heteroatoms. The fraction of sp³-hybridized carbons (Fsp3) is 0.250. The number of nitrogens with one attached hydrogen (secondary N) is 3. The molecule has 5 rings (SSSR count). The van der Waals surface area contributed by atoms with Crippen molar-refractivity contribution in [3.05, 3.63) is 123 Å². The number of rotatable bonds is 11. The Bertz CT molecular complexity index is 2070. The summed E-state index contributed by atoms with van der Waals surface area (Å²) in [6.07, 6.45) is 3.54. The summed E-state index contributed by atoms with van der Waals surface area (Å²) in [6, 6.07) is 21.9. The van der Waals surface area contributed by atoms with Crippen LogP contribution in [0.5, 0.6) is 0 Å². The molecule has 0 aliphatic rings. The Labute approximate surface area is 301 Å². The summed E-state index contributed by atoms with van der Waals surface area (Å²) in [5.41, 5.74) is 6.30. The summed E-state index contributed by atoms with van der Waals surface area (Å²) in [5.74, 6) is -1.90. The van der Waals surface area contributed by atoms with Gasteiger partial charge in [0.05, 0.1) is 4.88 Å². The summed E-state index contributed by atoms with van der Waals surface area (Å²) >= 11 is 1.36. The fourth-order valence-electron chi connectivity index (χ4n) is 5.25. The lowest BCUT2D eigenvalue weighted by Gasteiger charge is -2.20. The minimum absolute atomic E-state index is 0.132. The van der Waals surface area contributed by atoms with E-state index in [1.165, 1.54) is 18.3 Å². The van der Waals surface area contributed by atoms with Crippen molar-refractivity contribution in [2.75, 3.05) is 5.32 Å². The molecule has 0 fully saturated rings. The largest absolute Gasteiger partial charge is 0.480 e. The van der Waals surface area contributed by atoms with Crippen LogP contribution >= 0.6 is 11.3 Å². The summed E-state index contributed by atoms with van der Waals surface area (Å²) in [5, 5.41) is 17.6. The number of hydrogen-bond donors (Lipinski definition) is 4. The van der Waals surface area contributed by atoms with Crippen LogP contribution in [0.1, 0.15) is 69.3 Å². The maximum atomic E-state index is 13.2. The molecular weight excluding hydrogens is 663 g/mol. The van der Waals surface area contributed by atoms with Gasteiger partial charge in [-0.1, -0.05) is 69.3 Å². The maximum absolute atomic E-state index is 13.2. The topological polar surface area (TPSA) is 150 Å². The number of nitrogens with zero attached hydrogens (tertiary/aromatic N) is 2. The van der Waals surface area contributed by atoms with Crippen LogP contribution < -0.4 is 16.0 Å². The molecule has 3 aromatic carbocycles. The monoisotopic (exact) mass is 703 g/mol. The molecule has 0 spiro atoms. The third-order valence-electron chi connectivity index (χ3n) is 8.53. The molecule has 5 aromatic rings. The normalized spacial score (nSPS) is 12.4. The van der Waals surface area contributed by atoms with E-state index in [1.807, 2.05) is 74.5 Å². The number of carbonyl (C=O) groups excluding carboxylic acids is 3. The first kappa shape index (κ1) is 36.6. The van der Waals surface area contributed by atoms with Gasteiger partial charge in [-0.15, -0.1) is 11.3 Å². The van der Waals surface area contributed by atoms with E-state index in [2.05, 4.69) is 46.7 Å².